The summed E-state index contributed by atoms with van der Waals surface area (Å²) in [5.41, 5.74) is 17.9. The molecule has 0 saturated heterocycles. The van der Waals surface area contributed by atoms with Gasteiger partial charge in [-0.25, -0.2) is 15.0 Å². The van der Waals surface area contributed by atoms with Crippen molar-refractivity contribution in [3.8, 4) is 0 Å². The van der Waals surface area contributed by atoms with E-state index in [0.29, 0.717) is 23.5 Å². The molecule has 0 bridgehead atoms. The maximum absolute atomic E-state index is 11.7. The van der Waals surface area contributed by atoms with Crippen molar-refractivity contribution in [3.63, 3.8) is 0 Å². The van der Waals surface area contributed by atoms with Gasteiger partial charge in [-0.15, -0.1) is 11.3 Å². The van der Waals surface area contributed by atoms with E-state index < -0.39 is 0 Å². The molecule has 128 valence electrons. The fraction of sp³-hybridized carbons (Fsp3) is 0.0526. The summed E-state index contributed by atoms with van der Waals surface area (Å²) in [4.78, 5) is 24.5. The fourth-order valence-corrected chi connectivity index (χ4v) is 3.39. The van der Waals surface area contributed by atoms with Gasteiger partial charge in [-0.2, -0.15) is 0 Å². The number of carbonyl (C=O) groups excluding carboxylic acids is 1. The minimum atomic E-state index is -0.0255. The molecule has 0 amide bonds. The molecule has 2 heterocycles. The Morgan fingerprint density at radius 3 is 2.42 bits per heavy atom. The summed E-state index contributed by atoms with van der Waals surface area (Å²) in [6.07, 6.45) is 2.00. The van der Waals surface area contributed by atoms with Crippen LogP contribution in [0.25, 0.3) is 26.9 Å². The quantitative estimate of drug-likeness (QED) is 0.465. The molecule has 0 unspecified atom stereocenters. The molecule has 0 fully saturated rings. The van der Waals surface area contributed by atoms with Crippen molar-refractivity contribution >= 4 is 49.8 Å². The van der Waals surface area contributed by atoms with Gasteiger partial charge in [0.1, 0.15) is 11.4 Å². The average molecular weight is 361 g/mol. The number of benzene rings is 2. The molecule has 0 spiro atoms. The summed E-state index contributed by atoms with van der Waals surface area (Å²) in [5, 5.41) is 0. The summed E-state index contributed by atoms with van der Waals surface area (Å²) in [7, 11) is 0. The molecule has 0 aliphatic heterocycles. The number of nitrogen functional groups attached to an aromatic ring is 1. The number of thiazole rings is 1. The molecule has 5 rings (SSSR count). The van der Waals surface area contributed by atoms with E-state index in [4.69, 9.17) is 11.5 Å². The zero-order valence-electron chi connectivity index (χ0n) is 13.7. The first-order valence-electron chi connectivity index (χ1n) is 7.96. The second-order valence-corrected chi connectivity index (χ2v) is 6.66. The lowest BCUT2D eigenvalue weighted by atomic mass is 10.0. The SMILES string of the molecule is NC1=CCC(=O)c2nc3ccccc3nc21.Nc1ccc2ncsc2c1. The zero-order chi connectivity index (χ0) is 18.1. The maximum atomic E-state index is 11.7. The number of allylic oxidation sites excluding steroid dienone is 1. The number of hydrogen-bond acceptors (Lipinski definition) is 7. The van der Waals surface area contributed by atoms with Crippen LogP contribution in [0, 0.1) is 0 Å². The number of carbonyl (C=O) groups is 1. The normalized spacial score (nSPS) is 13.1. The topological polar surface area (TPSA) is 108 Å². The molecule has 1 aliphatic rings. The van der Waals surface area contributed by atoms with Crippen molar-refractivity contribution in [2.24, 2.45) is 5.73 Å². The molecular formula is C19H15N5OS. The van der Waals surface area contributed by atoms with Gasteiger partial charge in [0.2, 0.25) is 0 Å². The number of hydrogen-bond donors (Lipinski definition) is 2. The van der Waals surface area contributed by atoms with E-state index in [1.54, 1.807) is 17.4 Å². The third-order valence-electron chi connectivity index (χ3n) is 3.97. The van der Waals surface area contributed by atoms with Crippen LogP contribution in [-0.4, -0.2) is 20.7 Å². The average Bonchev–Trinajstić information content (AvgIpc) is 3.12. The van der Waals surface area contributed by atoms with E-state index in [-0.39, 0.29) is 5.78 Å². The van der Waals surface area contributed by atoms with Gasteiger partial charge < -0.3 is 11.5 Å². The van der Waals surface area contributed by atoms with E-state index in [1.807, 2.05) is 48.0 Å². The number of nitrogens with zero attached hydrogens (tertiary/aromatic N) is 3. The van der Waals surface area contributed by atoms with Crippen molar-refractivity contribution in [3.05, 3.63) is 65.4 Å². The molecule has 4 N–H and O–H groups in total. The second kappa shape index (κ2) is 6.53. The number of anilines is 1. The van der Waals surface area contributed by atoms with Crippen LogP contribution >= 0.6 is 11.3 Å². The van der Waals surface area contributed by atoms with Crippen LogP contribution in [0.5, 0.6) is 0 Å². The zero-order valence-corrected chi connectivity index (χ0v) is 14.5. The molecule has 2 aromatic heterocycles. The van der Waals surface area contributed by atoms with Crippen LogP contribution < -0.4 is 11.5 Å². The predicted octanol–water partition coefficient (Wildman–Crippen LogP) is 3.39. The Hall–Kier alpha value is -3.32. The van der Waals surface area contributed by atoms with Gasteiger partial charge in [-0.05, 0) is 30.3 Å². The van der Waals surface area contributed by atoms with Crippen molar-refractivity contribution in [2.75, 3.05) is 5.73 Å². The highest BCUT2D eigenvalue weighted by atomic mass is 32.1. The van der Waals surface area contributed by atoms with E-state index in [2.05, 4.69) is 15.0 Å². The molecule has 1 aliphatic carbocycles. The Bertz CT molecular complexity index is 1160. The van der Waals surface area contributed by atoms with Gasteiger partial charge in [0.05, 0.1) is 32.5 Å². The van der Waals surface area contributed by atoms with E-state index >= 15 is 0 Å². The maximum Gasteiger partial charge on any atom is 0.187 e. The second-order valence-electron chi connectivity index (χ2n) is 5.78. The Balaban J connectivity index is 0.000000144. The first-order chi connectivity index (χ1) is 12.6. The third-order valence-corrected chi connectivity index (χ3v) is 4.76. The molecule has 0 atom stereocenters. The molecular weight excluding hydrogens is 346 g/mol. The lowest BCUT2D eigenvalue weighted by Gasteiger charge is -2.12. The van der Waals surface area contributed by atoms with Crippen LogP contribution in [0.2, 0.25) is 0 Å². The Morgan fingerprint density at radius 2 is 1.65 bits per heavy atom. The minimum Gasteiger partial charge on any atom is -0.399 e. The smallest absolute Gasteiger partial charge is 0.187 e. The third kappa shape index (κ3) is 3.00. The van der Waals surface area contributed by atoms with Crippen molar-refractivity contribution in [2.45, 2.75) is 6.42 Å². The monoisotopic (exact) mass is 361 g/mol. The molecule has 0 radical (unpaired) electrons. The molecule has 26 heavy (non-hydrogen) atoms. The summed E-state index contributed by atoms with van der Waals surface area (Å²) in [6, 6.07) is 13.2. The number of Topliss-reactive ketones (excluding diaryl/α,β-unsaturated/α-hetero) is 1. The summed E-state index contributed by atoms with van der Waals surface area (Å²) >= 11 is 1.61. The summed E-state index contributed by atoms with van der Waals surface area (Å²) in [6.45, 7) is 0. The highest BCUT2D eigenvalue weighted by Crippen LogP contribution is 2.22. The number of fused-ring (bicyclic) bond motifs is 3. The van der Waals surface area contributed by atoms with E-state index in [9.17, 15) is 4.79 Å². The minimum absolute atomic E-state index is 0.0255. The van der Waals surface area contributed by atoms with E-state index in [1.165, 1.54) is 0 Å². The van der Waals surface area contributed by atoms with Gasteiger partial charge >= 0.3 is 0 Å². The molecule has 2 aromatic carbocycles. The van der Waals surface area contributed by atoms with Gasteiger partial charge in [-0.3, -0.25) is 4.79 Å². The van der Waals surface area contributed by atoms with Crippen LogP contribution in [-0.2, 0) is 0 Å². The number of ketones is 1. The largest absolute Gasteiger partial charge is 0.399 e. The van der Waals surface area contributed by atoms with Gasteiger partial charge in [0.25, 0.3) is 0 Å². The Labute approximate surface area is 153 Å². The van der Waals surface area contributed by atoms with Crippen LogP contribution in [0.1, 0.15) is 22.6 Å². The molecule has 4 aromatic rings. The van der Waals surface area contributed by atoms with Gasteiger partial charge in [0.15, 0.2) is 5.78 Å². The van der Waals surface area contributed by atoms with Gasteiger partial charge in [-0.1, -0.05) is 18.2 Å². The first kappa shape index (κ1) is 16.2. The molecule has 6 nitrogen and oxygen atoms in total. The Kier molecular flexibility index (Phi) is 4.06. The molecule has 0 saturated carbocycles. The number of para-hydroxylation sites is 2. The first-order valence-corrected chi connectivity index (χ1v) is 8.84. The lowest BCUT2D eigenvalue weighted by molar-refractivity contribution is 0.0989. The van der Waals surface area contributed by atoms with Crippen molar-refractivity contribution < 1.29 is 4.79 Å². The van der Waals surface area contributed by atoms with Crippen LogP contribution in [0.4, 0.5) is 5.69 Å². The summed E-state index contributed by atoms with van der Waals surface area (Å²) < 4.78 is 1.15. The van der Waals surface area contributed by atoms with Crippen LogP contribution in [0.3, 0.4) is 0 Å². The van der Waals surface area contributed by atoms with Gasteiger partial charge in [0, 0.05) is 12.1 Å². The predicted molar refractivity (Wildman–Crippen MR) is 105 cm³/mol. The number of aromatic nitrogens is 3. The molecule has 7 heteroatoms. The number of nitrogens with two attached hydrogens (primary N) is 2. The van der Waals surface area contributed by atoms with Crippen molar-refractivity contribution in [1.82, 2.24) is 15.0 Å². The highest BCUT2D eigenvalue weighted by Gasteiger charge is 2.21. The lowest BCUT2D eigenvalue weighted by Crippen LogP contribution is -2.16. The highest BCUT2D eigenvalue weighted by molar-refractivity contribution is 7.16. The standard InChI is InChI=1S/C12H9N3O.C7H6N2S/c13-7-5-6-10(16)12-11(7)14-8-3-1-2-4-9(8)15-12;8-5-1-2-6-7(3-5)10-4-9-6/h1-5H,6,13H2;1-4H,8H2. The van der Waals surface area contributed by atoms with Crippen molar-refractivity contribution in [1.29, 1.82) is 0 Å². The fourth-order valence-electron chi connectivity index (χ4n) is 2.66. The Morgan fingerprint density at radius 1 is 0.923 bits per heavy atom. The number of rotatable bonds is 0. The van der Waals surface area contributed by atoms with Crippen LogP contribution in [0.15, 0.2) is 54.1 Å². The van der Waals surface area contributed by atoms with E-state index in [0.717, 1.165) is 26.9 Å². The summed E-state index contributed by atoms with van der Waals surface area (Å²) in [5.74, 6) is -0.0255.